The highest BCUT2D eigenvalue weighted by molar-refractivity contribution is 5.68. The van der Waals surface area contributed by atoms with Gasteiger partial charge in [0.2, 0.25) is 6.10 Å². The van der Waals surface area contributed by atoms with Crippen LogP contribution in [-0.2, 0) is 4.74 Å². The van der Waals surface area contributed by atoms with Gasteiger partial charge >= 0.3 is 6.09 Å². The predicted molar refractivity (Wildman–Crippen MR) is 86.1 cm³/mol. The number of nitrogens with one attached hydrogen (secondary N) is 1. The van der Waals surface area contributed by atoms with E-state index in [0.717, 1.165) is 0 Å². The third-order valence-corrected chi connectivity index (χ3v) is 2.89. The zero-order chi connectivity index (χ0) is 16.7. The van der Waals surface area contributed by atoms with Crippen molar-refractivity contribution >= 4 is 6.09 Å². The third kappa shape index (κ3) is 5.04. The normalized spacial score (nSPS) is 11.4. The molecule has 0 aromatic heterocycles. The number of amides is 1. The fourth-order valence-corrected chi connectivity index (χ4v) is 1.91. The highest BCUT2D eigenvalue weighted by atomic mass is 16.6. The number of carbonyl (C=O) groups excluding carboxylic acids is 1. The summed E-state index contributed by atoms with van der Waals surface area (Å²) in [5, 5.41) is 11.8. The smallest absolute Gasteiger partial charge is 0.409 e. The Kier molecular flexibility index (Phi) is 5.59. The number of benzene rings is 2. The van der Waals surface area contributed by atoms with Crippen LogP contribution in [0.4, 0.5) is 4.79 Å². The van der Waals surface area contributed by atoms with E-state index in [1.54, 1.807) is 24.3 Å². The lowest BCUT2D eigenvalue weighted by molar-refractivity contribution is 0.120. The van der Waals surface area contributed by atoms with Gasteiger partial charge in [-0.15, -0.1) is 0 Å². The maximum Gasteiger partial charge on any atom is 0.409 e. The average Bonchev–Trinajstić information content (AvgIpc) is 2.53. The zero-order valence-electron chi connectivity index (χ0n) is 13.0. The topological polar surface area (TPSA) is 71.3 Å². The molecular weight excluding hydrogens is 292 g/mol. The molecule has 2 rings (SSSR count). The van der Waals surface area contributed by atoms with E-state index in [0.29, 0.717) is 17.1 Å². The van der Waals surface area contributed by atoms with Gasteiger partial charge in [0.15, 0.2) is 0 Å². The van der Waals surface area contributed by atoms with E-state index in [9.17, 15) is 10.1 Å². The number of para-hydroxylation sites is 1. The number of hydrogen-bond donors (Lipinski definition) is 1. The summed E-state index contributed by atoms with van der Waals surface area (Å²) in [7, 11) is 0. The minimum Gasteiger partial charge on any atom is -0.457 e. The van der Waals surface area contributed by atoms with E-state index in [-0.39, 0.29) is 6.04 Å². The van der Waals surface area contributed by atoms with E-state index in [2.05, 4.69) is 5.32 Å². The number of alkyl carbamates (subject to hydrolysis) is 1. The van der Waals surface area contributed by atoms with Gasteiger partial charge in [0, 0.05) is 11.6 Å². The number of nitriles is 1. The van der Waals surface area contributed by atoms with Crippen LogP contribution in [0.2, 0.25) is 0 Å². The van der Waals surface area contributed by atoms with Gasteiger partial charge in [-0.2, -0.15) is 5.26 Å². The molecule has 1 unspecified atom stereocenters. The molecule has 0 saturated heterocycles. The molecule has 0 aliphatic rings. The molecular formula is C18H18N2O3. The van der Waals surface area contributed by atoms with Gasteiger partial charge in [-0.05, 0) is 38.1 Å². The Balaban J connectivity index is 2.11. The molecule has 2 aromatic rings. The lowest BCUT2D eigenvalue weighted by atomic mass is 10.1. The third-order valence-electron chi connectivity index (χ3n) is 2.89. The van der Waals surface area contributed by atoms with Crippen molar-refractivity contribution in [1.82, 2.24) is 5.32 Å². The van der Waals surface area contributed by atoms with Gasteiger partial charge in [-0.1, -0.05) is 30.3 Å². The zero-order valence-corrected chi connectivity index (χ0v) is 13.0. The van der Waals surface area contributed by atoms with Crippen LogP contribution in [0.1, 0.15) is 25.5 Å². The van der Waals surface area contributed by atoms with Crippen molar-refractivity contribution in [3.8, 4) is 17.6 Å². The van der Waals surface area contributed by atoms with E-state index in [1.165, 1.54) is 0 Å². The van der Waals surface area contributed by atoms with Crippen LogP contribution in [0.15, 0.2) is 54.6 Å². The second-order valence-electron chi connectivity index (χ2n) is 5.20. The molecule has 0 aliphatic heterocycles. The van der Waals surface area contributed by atoms with Crippen molar-refractivity contribution < 1.29 is 14.3 Å². The molecule has 1 atom stereocenters. The summed E-state index contributed by atoms with van der Waals surface area (Å²) in [6.45, 7) is 3.63. The maximum atomic E-state index is 11.7. The Morgan fingerprint density at radius 1 is 1.09 bits per heavy atom. The summed E-state index contributed by atoms with van der Waals surface area (Å²) in [4.78, 5) is 11.7. The van der Waals surface area contributed by atoms with Crippen LogP contribution in [0, 0.1) is 11.3 Å². The summed E-state index contributed by atoms with van der Waals surface area (Å²) in [6.07, 6.45) is -1.62. The number of carbonyl (C=O) groups is 1. The fourth-order valence-electron chi connectivity index (χ4n) is 1.91. The van der Waals surface area contributed by atoms with Crippen molar-refractivity contribution in [2.45, 2.75) is 26.0 Å². The Bertz CT molecular complexity index is 693. The first-order chi connectivity index (χ1) is 11.1. The van der Waals surface area contributed by atoms with Crippen molar-refractivity contribution in [3.05, 3.63) is 60.2 Å². The second kappa shape index (κ2) is 7.85. The molecule has 0 heterocycles. The minimum atomic E-state index is -0.993. The largest absolute Gasteiger partial charge is 0.457 e. The Labute approximate surface area is 135 Å². The summed E-state index contributed by atoms with van der Waals surface area (Å²) < 4.78 is 10.9. The van der Waals surface area contributed by atoms with E-state index >= 15 is 0 Å². The molecule has 0 spiro atoms. The van der Waals surface area contributed by atoms with Gasteiger partial charge in [0.1, 0.15) is 17.6 Å². The molecule has 2 aromatic carbocycles. The highest BCUT2D eigenvalue weighted by Gasteiger charge is 2.17. The van der Waals surface area contributed by atoms with Gasteiger partial charge in [-0.25, -0.2) is 4.79 Å². The summed E-state index contributed by atoms with van der Waals surface area (Å²) in [6, 6.07) is 18.2. The van der Waals surface area contributed by atoms with E-state index in [4.69, 9.17) is 9.47 Å². The monoisotopic (exact) mass is 310 g/mol. The van der Waals surface area contributed by atoms with Crippen LogP contribution in [0.5, 0.6) is 11.5 Å². The fraction of sp³-hybridized carbons (Fsp3) is 0.222. The van der Waals surface area contributed by atoms with Crippen molar-refractivity contribution in [2.24, 2.45) is 0 Å². The summed E-state index contributed by atoms with van der Waals surface area (Å²) in [5.41, 5.74) is 0.555. The number of nitrogens with zero attached hydrogens (tertiary/aromatic N) is 1. The summed E-state index contributed by atoms with van der Waals surface area (Å²) >= 11 is 0. The van der Waals surface area contributed by atoms with E-state index < -0.39 is 12.2 Å². The standard InChI is InChI=1S/C18H18N2O3/c1-13(2)20-18(21)23-17(12-19)14-7-6-10-16(11-14)22-15-8-4-3-5-9-15/h3-11,13,17H,1-2H3,(H,20,21). The molecule has 0 aliphatic carbocycles. The predicted octanol–water partition coefficient (Wildman–Crippen LogP) is 4.18. The average molecular weight is 310 g/mol. The van der Waals surface area contributed by atoms with Gasteiger partial charge in [0.25, 0.3) is 0 Å². The maximum absolute atomic E-state index is 11.7. The lowest BCUT2D eigenvalue weighted by Crippen LogP contribution is -2.31. The van der Waals surface area contributed by atoms with Crippen LogP contribution in [-0.4, -0.2) is 12.1 Å². The van der Waals surface area contributed by atoms with Crippen LogP contribution in [0.25, 0.3) is 0 Å². The quantitative estimate of drug-likeness (QED) is 0.899. The molecule has 118 valence electrons. The van der Waals surface area contributed by atoms with Crippen molar-refractivity contribution in [1.29, 1.82) is 5.26 Å². The van der Waals surface area contributed by atoms with Gasteiger partial charge < -0.3 is 14.8 Å². The molecule has 5 nitrogen and oxygen atoms in total. The first-order valence-corrected chi connectivity index (χ1v) is 7.28. The highest BCUT2D eigenvalue weighted by Crippen LogP contribution is 2.25. The van der Waals surface area contributed by atoms with Crippen LogP contribution < -0.4 is 10.1 Å². The number of hydrogen-bond acceptors (Lipinski definition) is 4. The molecule has 0 fully saturated rings. The first-order valence-electron chi connectivity index (χ1n) is 7.28. The lowest BCUT2D eigenvalue weighted by Gasteiger charge is -2.14. The Hall–Kier alpha value is -3.00. The molecule has 0 bridgehead atoms. The number of ether oxygens (including phenoxy) is 2. The molecule has 1 amide bonds. The summed E-state index contributed by atoms with van der Waals surface area (Å²) in [5.74, 6) is 1.26. The van der Waals surface area contributed by atoms with Gasteiger partial charge in [0.05, 0.1) is 0 Å². The van der Waals surface area contributed by atoms with Crippen LogP contribution in [0.3, 0.4) is 0 Å². The second-order valence-corrected chi connectivity index (χ2v) is 5.20. The van der Waals surface area contributed by atoms with E-state index in [1.807, 2.05) is 50.2 Å². The molecule has 5 heteroatoms. The molecule has 0 saturated carbocycles. The van der Waals surface area contributed by atoms with Gasteiger partial charge in [-0.3, -0.25) is 0 Å². The minimum absolute atomic E-state index is 0.0606. The molecule has 0 radical (unpaired) electrons. The first kappa shape index (κ1) is 16.4. The van der Waals surface area contributed by atoms with Crippen molar-refractivity contribution in [3.63, 3.8) is 0 Å². The van der Waals surface area contributed by atoms with Crippen molar-refractivity contribution in [2.75, 3.05) is 0 Å². The Morgan fingerprint density at radius 2 is 1.78 bits per heavy atom. The molecule has 23 heavy (non-hydrogen) atoms. The SMILES string of the molecule is CC(C)NC(=O)OC(C#N)c1cccc(Oc2ccccc2)c1. The molecule has 1 N–H and O–H groups in total. The van der Waals surface area contributed by atoms with Crippen LogP contribution >= 0.6 is 0 Å². The number of rotatable bonds is 5. The Morgan fingerprint density at radius 3 is 2.43 bits per heavy atom.